The first-order valence-electron chi connectivity index (χ1n) is 8.44. The van der Waals surface area contributed by atoms with Gasteiger partial charge in [0.05, 0.1) is 0 Å². The molecule has 25 heavy (non-hydrogen) atoms. The third kappa shape index (κ3) is 3.83. The van der Waals surface area contributed by atoms with Crippen molar-refractivity contribution in [2.45, 2.75) is 38.3 Å². The minimum Gasteiger partial charge on any atom is -0.365 e. The van der Waals surface area contributed by atoms with E-state index < -0.39 is 5.72 Å². The highest BCUT2D eigenvalue weighted by Crippen LogP contribution is 2.37. The number of nitrogens with zero attached hydrogens (tertiary/aromatic N) is 2. The molecule has 1 amide bonds. The molecular weight excluding hydrogens is 380 g/mol. The van der Waals surface area contributed by atoms with Gasteiger partial charge in [-0.15, -0.1) is 0 Å². The quantitative estimate of drug-likeness (QED) is 0.816. The van der Waals surface area contributed by atoms with Crippen LogP contribution in [0.5, 0.6) is 0 Å². The number of aryl methyl sites for hydroxylation is 1. The molecule has 0 aliphatic carbocycles. The zero-order valence-electron chi connectivity index (χ0n) is 14.2. The van der Waals surface area contributed by atoms with Crippen molar-refractivity contribution in [2.24, 2.45) is 5.10 Å². The lowest BCUT2D eigenvalue weighted by atomic mass is 9.96. The summed E-state index contributed by atoms with van der Waals surface area (Å²) in [6.45, 7) is 1.98. The summed E-state index contributed by atoms with van der Waals surface area (Å²) in [5, 5.41) is 16.9. The number of carbonyl (C=O) groups is 1. The van der Waals surface area contributed by atoms with Crippen molar-refractivity contribution >= 4 is 27.5 Å². The third-order valence-electron chi connectivity index (χ3n) is 4.46. The number of hydrazone groups is 1. The molecule has 1 heterocycles. The molecule has 1 aliphatic heterocycles. The smallest absolute Gasteiger partial charge is 0.245 e. The predicted octanol–water partition coefficient (Wildman–Crippen LogP) is 4.23. The maximum atomic E-state index is 12.8. The lowest BCUT2D eigenvalue weighted by Gasteiger charge is -2.31. The molecule has 0 saturated heterocycles. The molecule has 0 aromatic heterocycles. The van der Waals surface area contributed by atoms with Gasteiger partial charge in [0.15, 0.2) is 5.72 Å². The van der Waals surface area contributed by atoms with Crippen LogP contribution < -0.4 is 0 Å². The third-order valence-corrected chi connectivity index (χ3v) is 4.99. The fourth-order valence-corrected chi connectivity index (χ4v) is 3.28. The second kappa shape index (κ2) is 7.50. The number of carbonyl (C=O) groups excluding carboxylic acids is 1. The van der Waals surface area contributed by atoms with Crippen LogP contribution in [0.1, 0.15) is 37.3 Å². The van der Waals surface area contributed by atoms with E-state index in [1.54, 1.807) is 0 Å². The second-order valence-electron chi connectivity index (χ2n) is 6.21. The topological polar surface area (TPSA) is 52.9 Å². The molecule has 0 spiro atoms. The molecule has 5 heteroatoms. The van der Waals surface area contributed by atoms with Gasteiger partial charge in [-0.3, -0.25) is 4.79 Å². The molecule has 1 N–H and O–H groups in total. The Hall–Kier alpha value is -1.98. The Morgan fingerprint density at radius 3 is 2.52 bits per heavy atom. The average Bonchev–Trinajstić information content (AvgIpc) is 2.99. The summed E-state index contributed by atoms with van der Waals surface area (Å²) in [6, 6.07) is 17.3. The zero-order chi connectivity index (χ0) is 17.9. The van der Waals surface area contributed by atoms with Crippen molar-refractivity contribution in [2.75, 3.05) is 0 Å². The van der Waals surface area contributed by atoms with Gasteiger partial charge >= 0.3 is 0 Å². The summed E-state index contributed by atoms with van der Waals surface area (Å²) >= 11 is 3.40. The van der Waals surface area contributed by atoms with E-state index in [-0.39, 0.29) is 5.91 Å². The van der Waals surface area contributed by atoms with E-state index in [1.807, 2.05) is 61.5 Å². The number of amides is 1. The van der Waals surface area contributed by atoms with E-state index >= 15 is 0 Å². The van der Waals surface area contributed by atoms with E-state index in [1.165, 1.54) is 5.01 Å². The molecule has 0 unspecified atom stereocenters. The maximum absolute atomic E-state index is 12.8. The first-order chi connectivity index (χ1) is 12.0. The first kappa shape index (κ1) is 17.8. The Balaban J connectivity index is 1.81. The summed E-state index contributed by atoms with van der Waals surface area (Å²) in [6.07, 6.45) is 2.00. The number of benzene rings is 2. The molecular formula is C20H21BrN2O2. The lowest BCUT2D eigenvalue weighted by molar-refractivity contribution is -0.157. The molecule has 0 radical (unpaired) electrons. The molecule has 1 aliphatic rings. The van der Waals surface area contributed by atoms with Gasteiger partial charge in [0.25, 0.3) is 0 Å². The SMILES string of the molecule is CCC1=NN(C(=O)CCc2ccccc2)[C@](O)(c2ccc(Br)cc2)C1. The van der Waals surface area contributed by atoms with Crippen LogP contribution in [0.3, 0.4) is 0 Å². The molecule has 2 aromatic rings. The van der Waals surface area contributed by atoms with Gasteiger partial charge in [0.2, 0.25) is 5.91 Å². The fourth-order valence-electron chi connectivity index (χ4n) is 3.02. The van der Waals surface area contributed by atoms with Crippen LogP contribution >= 0.6 is 15.9 Å². The Morgan fingerprint density at radius 1 is 1.20 bits per heavy atom. The Bertz CT molecular complexity index is 774. The zero-order valence-corrected chi connectivity index (χ0v) is 15.7. The summed E-state index contributed by atoms with van der Waals surface area (Å²) in [7, 11) is 0. The molecule has 1 atom stereocenters. The van der Waals surface area contributed by atoms with Crippen molar-refractivity contribution in [3.05, 3.63) is 70.2 Å². The summed E-state index contributed by atoms with van der Waals surface area (Å²) < 4.78 is 0.927. The van der Waals surface area contributed by atoms with E-state index in [0.717, 1.165) is 15.7 Å². The molecule has 4 nitrogen and oxygen atoms in total. The van der Waals surface area contributed by atoms with Crippen molar-refractivity contribution < 1.29 is 9.90 Å². The van der Waals surface area contributed by atoms with E-state index in [9.17, 15) is 9.90 Å². The summed E-state index contributed by atoms with van der Waals surface area (Å²) in [5.74, 6) is -0.169. The van der Waals surface area contributed by atoms with Crippen LogP contribution in [-0.4, -0.2) is 21.7 Å². The van der Waals surface area contributed by atoms with Gasteiger partial charge in [-0.2, -0.15) is 10.1 Å². The Morgan fingerprint density at radius 2 is 1.88 bits per heavy atom. The fraction of sp³-hybridized carbons (Fsp3) is 0.300. The first-order valence-corrected chi connectivity index (χ1v) is 9.24. The molecule has 0 saturated carbocycles. The highest BCUT2D eigenvalue weighted by atomic mass is 79.9. The maximum Gasteiger partial charge on any atom is 0.245 e. The van der Waals surface area contributed by atoms with Crippen LogP contribution in [0.25, 0.3) is 0 Å². The molecule has 0 bridgehead atoms. The average molecular weight is 401 g/mol. The summed E-state index contributed by atoms with van der Waals surface area (Å²) in [5.41, 5.74) is 1.20. The van der Waals surface area contributed by atoms with Gasteiger partial charge in [0.1, 0.15) is 0 Å². The second-order valence-corrected chi connectivity index (χ2v) is 7.13. The molecule has 130 valence electrons. The Kier molecular flexibility index (Phi) is 5.35. The monoisotopic (exact) mass is 400 g/mol. The number of halogens is 1. The minimum atomic E-state index is -1.40. The minimum absolute atomic E-state index is 0.169. The van der Waals surface area contributed by atoms with Crippen molar-refractivity contribution in [1.82, 2.24) is 5.01 Å². The van der Waals surface area contributed by atoms with Gasteiger partial charge < -0.3 is 5.11 Å². The van der Waals surface area contributed by atoms with Gasteiger partial charge in [-0.1, -0.05) is 65.3 Å². The number of aliphatic hydroxyl groups is 1. The number of rotatable bonds is 5. The predicted molar refractivity (Wildman–Crippen MR) is 102 cm³/mol. The van der Waals surface area contributed by atoms with Crippen LogP contribution in [0.2, 0.25) is 0 Å². The van der Waals surface area contributed by atoms with Crippen LogP contribution in [0, 0.1) is 0 Å². The van der Waals surface area contributed by atoms with Gasteiger partial charge in [-0.05, 0) is 30.5 Å². The van der Waals surface area contributed by atoms with Gasteiger partial charge in [-0.25, -0.2) is 0 Å². The highest BCUT2D eigenvalue weighted by molar-refractivity contribution is 9.10. The van der Waals surface area contributed by atoms with E-state index in [2.05, 4.69) is 21.0 Å². The van der Waals surface area contributed by atoms with Crippen molar-refractivity contribution in [3.8, 4) is 0 Å². The van der Waals surface area contributed by atoms with Crippen LogP contribution in [-0.2, 0) is 16.9 Å². The van der Waals surface area contributed by atoms with Crippen LogP contribution in [0.15, 0.2) is 64.2 Å². The number of hydrogen-bond donors (Lipinski definition) is 1. The number of hydrogen-bond acceptors (Lipinski definition) is 3. The molecule has 3 rings (SSSR count). The molecule has 0 fully saturated rings. The summed E-state index contributed by atoms with van der Waals surface area (Å²) in [4.78, 5) is 12.8. The van der Waals surface area contributed by atoms with Crippen molar-refractivity contribution in [3.63, 3.8) is 0 Å². The Labute approximate surface area is 156 Å². The normalized spacial score (nSPS) is 19.8. The van der Waals surface area contributed by atoms with E-state index in [0.29, 0.717) is 31.2 Å². The lowest BCUT2D eigenvalue weighted by Crippen LogP contribution is -2.43. The highest BCUT2D eigenvalue weighted by Gasteiger charge is 2.45. The van der Waals surface area contributed by atoms with Gasteiger partial charge in [0, 0.05) is 28.6 Å². The van der Waals surface area contributed by atoms with E-state index in [4.69, 9.17) is 0 Å². The standard InChI is InChI=1S/C20H21BrN2O2/c1-2-18-14-20(25,16-9-11-17(21)12-10-16)23(22-18)19(24)13-8-15-6-4-3-5-7-15/h3-7,9-12,25H,2,8,13-14H2,1H3/t20-/m1/s1. The van der Waals surface area contributed by atoms with Crippen molar-refractivity contribution in [1.29, 1.82) is 0 Å². The largest absolute Gasteiger partial charge is 0.365 e. The molecule has 2 aromatic carbocycles. The van der Waals surface area contributed by atoms with Crippen LogP contribution in [0.4, 0.5) is 0 Å².